The first-order valence-electron chi connectivity index (χ1n) is 8.43. The van der Waals surface area contributed by atoms with Crippen LogP contribution >= 0.6 is 34.4 Å². The van der Waals surface area contributed by atoms with E-state index in [9.17, 15) is 9.90 Å². The molecule has 0 aliphatic heterocycles. The molecule has 28 heavy (non-hydrogen) atoms. The van der Waals surface area contributed by atoms with Gasteiger partial charge in [0, 0.05) is 10.9 Å². The molecule has 7 heteroatoms. The summed E-state index contributed by atoms with van der Waals surface area (Å²) in [6.45, 7) is 0. The molecule has 2 heterocycles. The summed E-state index contributed by atoms with van der Waals surface area (Å²) in [6, 6.07) is 20.3. The van der Waals surface area contributed by atoms with E-state index in [0.29, 0.717) is 4.88 Å². The van der Waals surface area contributed by atoms with Crippen LogP contribution in [0.3, 0.4) is 0 Å². The molecule has 0 fully saturated rings. The van der Waals surface area contributed by atoms with Crippen molar-refractivity contribution in [1.29, 1.82) is 0 Å². The van der Waals surface area contributed by atoms with Crippen LogP contribution in [0.2, 0.25) is 0 Å². The topological polar surface area (TPSA) is 62.2 Å². The smallest absolute Gasteiger partial charge is 0.345 e. The predicted octanol–water partition coefficient (Wildman–Crippen LogP) is 6.70. The lowest BCUT2D eigenvalue weighted by molar-refractivity contribution is 0.0702. The monoisotopic (exact) mass is 424 g/mol. The van der Waals surface area contributed by atoms with Gasteiger partial charge in [0.2, 0.25) is 0 Å². The van der Waals surface area contributed by atoms with Crippen LogP contribution in [0.5, 0.6) is 0 Å². The number of nitrogens with zero attached hydrogens (tertiary/aromatic N) is 1. The lowest BCUT2D eigenvalue weighted by Crippen LogP contribution is -1.91. The fourth-order valence-electron chi connectivity index (χ4n) is 2.76. The molecule has 0 unspecified atom stereocenters. The lowest BCUT2D eigenvalue weighted by Gasteiger charge is -2.03. The Hall–Kier alpha value is -2.61. The van der Waals surface area contributed by atoms with Crippen molar-refractivity contribution in [2.45, 2.75) is 4.21 Å². The van der Waals surface area contributed by atoms with Gasteiger partial charge in [0.15, 0.2) is 5.13 Å². The maximum Gasteiger partial charge on any atom is 0.345 e. The number of carboxylic acids is 1. The van der Waals surface area contributed by atoms with E-state index in [4.69, 9.17) is 0 Å². The van der Waals surface area contributed by atoms with Gasteiger partial charge < -0.3 is 10.4 Å². The molecule has 0 bridgehead atoms. The molecule has 0 saturated heterocycles. The standard InChI is InChI=1S/C21H16N2O2S3/c1-26-20-16(11-18(28-20)19(24)25)22-21-23-17(12-27-21)15-9-7-14(8-10-15)13-5-3-2-4-6-13/h2-12H,1H3,(H,22,23)(H,24,25). The highest BCUT2D eigenvalue weighted by Crippen LogP contribution is 2.38. The fraction of sp³-hybridized carbons (Fsp3) is 0.0476. The number of aromatic nitrogens is 1. The number of hydrogen-bond acceptors (Lipinski definition) is 6. The average Bonchev–Trinajstić information content (AvgIpc) is 3.36. The number of thiazole rings is 1. The second-order valence-electron chi connectivity index (χ2n) is 5.93. The summed E-state index contributed by atoms with van der Waals surface area (Å²) in [5.41, 5.74) is 5.08. The number of thioether (sulfide) groups is 1. The maximum absolute atomic E-state index is 11.2. The Morgan fingerprint density at radius 1 is 1.04 bits per heavy atom. The highest BCUT2D eigenvalue weighted by molar-refractivity contribution is 8.00. The Labute approximate surface area is 174 Å². The van der Waals surface area contributed by atoms with Gasteiger partial charge in [-0.3, -0.25) is 0 Å². The number of nitrogens with one attached hydrogen (secondary N) is 1. The zero-order chi connectivity index (χ0) is 19.5. The van der Waals surface area contributed by atoms with Crippen LogP contribution in [-0.2, 0) is 0 Å². The highest BCUT2D eigenvalue weighted by atomic mass is 32.2. The van der Waals surface area contributed by atoms with Crippen LogP contribution in [0.1, 0.15) is 9.67 Å². The molecule has 0 amide bonds. The molecule has 0 aliphatic rings. The predicted molar refractivity (Wildman–Crippen MR) is 119 cm³/mol. The van der Waals surface area contributed by atoms with Crippen LogP contribution < -0.4 is 5.32 Å². The minimum atomic E-state index is -0.910. The van der Waals surface area contributed by atoms with Gasteiger partial charge in [0.25, 0.3) is 0 Å². The van der Waals surface area contributed by atoms with E-state index in [1.54, 1.807) is 6.07 Å². The molecule has 4 nitrogen and oxygen atoms in total. The third kappa shape index (κ3) is 3.96. The third-order valence-corrected chi connectivity index (χ3v) is 7.14. The number of hydrogen-bond donors (Lipinski definition) is 2. The zero-order valence-electron chi connectivity index (χ0n) is 14.9. The zero-order valence-corrected chi connectivity index (χ0v) is 17.3. The van der Waals surface area contributed by atoms with Crippen molar-refractivity contribution >= 4 is 51.2 Å². The molecular weight excluding hydrogens is 408 g/mol. The van der Waals surface area contributed by atoms with Crippen molar-refractivity contribution in [3.05, 3.63) is 70.9 Å². The fourth-order valence-corrected chi connectivity index (χ4v) is 5.11. The van der Waals surface area contributed by atoms with Crippen molar-refractivity contribution in [2.75, 3.05) is 11.6 Å². The molecular formula is C21H16N2O2S3. The minimum absolute atomic E-state index is 0.320. The quantitative estimate of drug-likeness (QED) is 0.337. The molecule has 2 N–H and O–H groups in total. The van der Waals surface area contributed by atoms with Gasteiger partial charge in [-0.2, -0.15) is 0 Å². The second-order valence-corrected chi connectivity index (χ2v) is 8.91. The lowest BCUT2D eigenvalue weighted by atomic mass is 10.0. The summed E-state index contributed by atoms with van der Waals surface area (Å²) >= 11 is 4.29. The van der Waals surface area contributed by atoms with Crippen LogP contribution in [0, 0.1) is 0 Å². The molecule has 0 spiro atoms. The van der Waals surface area contributed by atoms with E-state index >= 15 is 0 Å². The van der Waals surface area contributed by atoms with Crippen molar-refractivity contribution in [1.82, 2.24) is 4.98 Å². The summed E-state index contributed by atoms with van der Waals surface area (Å²) in [5, 5.41) is 15.2. The number of rotatable bonds is 6. The molecule has 2 aromatic carbocycles. The minimum Gasteiger partial charge on any atom is -0.477 e. The van der Waals surface area contributed by atoms with E-state index in [1.807, 2.05) is 29.8 Å². The maximum atomic E-state index is 11.2. The highest BCUT2D eigenvalue weighted by Gasteiger charge is 2.15. The van der Waals surface area contributed by atoms with Crippen molar-refractivity contribution in [3.8, 4) is 22.4 Å². The number of carboxylic acid groups (broad SMARTS) is 1. The van der Waals surface area contributed by atoms with Gasteiger partial charge in [-0.1, -0.05) is 54.6 Å². The molecule has 4 rings (SSSR count). The van der Waals surface area contributed by atoms with Crippen molar-refractivity contribution in [3.63, 3.8) is 0 Å². The summed E-state index contributed by atoms with van der Waals surface area (Å²) in [4.78, 5) is 16.2. The van der Waals surface area contributed by atoms with Gasteiger partial charge in [0.1, 0.15) is 4.88 Å². The van der Waals surface area contributed by atoms with Crippen LogP contribution in [0.15, 0.2) is 70.3 Å². The Bertz CT molecular complexity index is 1100. The molecule has 140 valence electrons. The van der Waals surface area contributed by atoms with Crippen LogP contribution in [0.4, 0.5) is 10.8 Å². The Morgan fingerprint density at radius 3 is 2.39 bits per heavy atom. The Kier molecular flexibility index (Phi) is 5.47. The van der Waals surface area contributed by atoms with E-state index in [-0.39, 0.29) is 0 Å². The van der Waals surface area contributed by atoms with Crippen molar-refractivity contribution in [2.24, 2.45) is 0 Å². The first-order chi connectivity index (χ1) is 13.6. The van der Waals surface area contributed by atoms with E-state index in [2.05, 4.69) is 46.7 Å². The summed E-state index contributed by atoms with van der Waals surface area (Å²) in [6.07, 6.45) is 1.93. The Balaban J connectivity index is 1.54. The average molecular weight is 425 g/mol. The van der Waals surface area contributed by atoms with Gasteiger partial charge in [-0.05, 0) is 23.4 Å². The molecule has 2 aromatic heterocycles. The molecule has 0 radical (unpaired) electrons. The van der Waals surface area contributed by atoms with Crippen LogP contribution in [-0.4, -0.2) is 22.3 Å². The third-order valence-electron chi connectivity index (χ3n) is 4.13. The van der Waals surface area contributed by atoms with E-state index in [1.165, 1.54) is 45.6 Å². The first kappa shape index (κ1) is 18.7. The van der Waals surface area contributed by atoms with Gasteiger partial charge in [0.05, 0.1) is 15.6 Å². The van der Waals surface area contributed by atoms with E-state index < -0.39 is 5.97 Å². The van der Waals surface area contributed by atoms with Crippen molar-refractivity contribution < 1.29 is 9.90 Å². The number of aromatic carboxylic acids is 1. The van der Waals surface area contributed by atoms with Crippen LogP contribution in [0.25, 0.3) is 22.4 Å². The summed E-state index contributed by atoms with van der Waals surface area (Å²) < 4.78 is 0.932. The second kappa shape index (κ2) is 8.18. The number of benzene rings is 2. The molecule has 0 aliphatic carbocycles. The summed E-state index contributed by atoms with van der Waals surface area (Å²) in [5.74, 6) is -0.910. The van der Waals surface area contributed by atoms with E-state index in [0.717, 1.165) is 26.3 Å². The number of thiophene rings is 1. The van der Waals surface area contributed by atoms with Gasteiger partial charge >= 0.3 is 5.97 Å². The summed E-state index contributed by atoms with van der Waals surface area (Å²) in [7, 11) is 0. The molecule has 0 atom stereocenters. The first-order valence-corrected chi connectivity index (χ1v) is 11.4. The number of carbonyl (C=O) groups is 1. The molecule has 4 aromatic rings. The molecule has 0 saturated carbocycles. The largest absolute Gasteiger partial charge is 0.477 e. The number of anilines is 2. The Morgan fingerprint density at radius 2 is 1.71 bits per heavy atom. The van der Waals surface area contributed by atoms with Gasteiger partial charge in [-0.15, -0.1) is 34.4 Å². The SMILES string of the molecule is CSc1sc(C(=O)O)cc1Nc1nc(-c2ccc(-c3ccccc3)cc2)cs1. The van der Waals surface area contributed by atoms with Gasteiger partial charge in [-0.25, -0.2) is 9.78 Å². The normalized spacial score (nSPS) is 10.8.